The Kier molecular flexibility index (Phi) is 8.10. The molecule has 11 nitrogen and oxygen atoms in total. The van der Waals surface area contributed by atoms with Gasteiger partial charge >= 0.3 is 5.97 Å². The second-order valence-electron chi connectivity index (χ2n) is 10.4. The Morgan fingerprint density at radius 1 is 1.02 bits per heavy atom. The lowest BCUT2D eigenvalue weighted by Gasteiger charge is -2.18. The average Bonchev–Trinajstić information content (AvgIpc) is 3.42. The van der Waals surface area contributed by atoms with E-state index in [1.807, 2.05) is 0 Å². The van der Waals surface area contributed by atoms with E-state index in [9.17, 15) is 35.2 Å². The van der Waals surface area contributed by atoms with Crippen LogP contribution < -0.4 is 10.9 Å². The number of methoxy groups -OCH3 is 1. The van der Waals surface area contributed by atoms with Gasteiger partial charge in [0.1, 0.15) is 11.3 Å². The number of esters is 1. The molecule has 0 amide bonds. The number of nitrogens with one attached hydrogen (secondary N) is 1. The maximum absolute atomic E-state index is 14.7. The summed E-state index contributed by atoms with van der Waals surface area (Å²) in [5.74, 6) is -3.91. The first-order valence-corrected chi connectivity index (χ1v) is 16.6. The number of nitrogens with zero attached hydrogens (tertiary/aromatic N) is 3. The number of hydrogen-bond donors (Lipinski definition) is 1. The molecule has 3 aromatic heterocycles. The van der Waals surface area contributed by atoms with Crippen LogP contribution in [-0.4, -0.2) is 49.7 Å². The van der Waals surface area contributed by atoms with Gasteiger partial charge < -0.3 is 14.6 Å². The molecule has 0 aliphatic rings. The van der Waals surface area contributed by atoms with Gasteiger partial charge in [-0.3, -0.25) is 4.79 Å². The number of aryl methyl sites for hydroxylation is 2. The highest BCUT2D eigenvalue weighted by atomic mass is 32.2. The van der Waals surface area contributed by atoms with E-state index in [4.69, 9.17) is 4.74 Å². The SMILES string of the molecule is COC(=O)c1cc(Nc2ncc(F)cc2F)c(-c2cn(C)c(=O)c3c2ccn3S(=O)(=O)c2ccc(C)cc2)cc1CS(C)(=O)=O. The zero-order valence-electron chi connectivity index (χ0n) is 24.3. The molecule has 0 saturated heterocycles. The number of rotatable bonds is 8. The van der Waals surface area contributed by atoms with Gasteiger partial charge in [0.15, 0.2) is 21.5 Å². The van der Waals surface area contributed by atoms with Crippen LogP contribution in [0.3, 0.4) is 0 Å². The zero-order valence-corrected chi connectivity index (χ0v) is 26.0. The summed E-state index contributed by atoms with van der Waals surface area (Å²) in [4.78, 5) is 29.9. The number of pyridine rings is 2. The maximum atomic E-state index is 14.7. The molecule has 45 heavy (non-hydrogen) atoms. The third kappa shape index (κ3) is 6.08. The largest absolute Gasteiger partial charge is 0.465 e. The van der Waals surface area contributed by atoms with E-state index >= 15 is 0 Å². The molecule has 5 rings (SSSR count). The molecular weight excluding hydrogens is 630 g/mol. The van der Waals surface area contributed by atoms with Gasteiger partial charge in [0, 0.05) is 54.0 Å². The molecule has 0 bridgehead atoms. The van der Waals surface area contributed by atoms with Crippen LogP contribution in [0.4, 0.5) is 20.3 Å². The van der Waals surface area contributed by atoms with Crippen molar-refractivity contribution in [2.45, 2.75) is 17.6 Å². The molecule has 15 heteroatoms. The number of aromatic nitrogens is 3. The van der Waals surface area contributed by atoms with Crippen LogP contribution in [0.25, 0.3) is 22.0 Å². The Hall–Kier alpha value is -4.89. The molecule has 1 N–H and O–H groups in total. The van der Waals surface area contributed by atoms with Crippen molar-refractivity contribution in [2.24, 2.45) is 7.05 Å². The van der Waals surface area contributed by atoms with Crippen molar-refractivity contribution >= 4 is 48.2 Å². The number of fused-ring (bicyclic) bond motifs is 1. The van der Waals surface area contributed by atoms with Crippen molar-refractivity contribution in [2.75, 3.05) is 18.7 Å². The number of anilines is 2. The molecule has 234 valence electrons. The fourth-order valence-corrected chi connectivity index (χ4v) is 7.02. The lowest BCUT2D eigenvalue weighted by molar-refractivity contribution is 0.0600. The second-order valence-corrected chi connectivity index (χ2v) is 14.3. The Morgan fingerprint density at radius 3 is 2.33 bits per heavy atom. The fourth-order valence-electron chi connectivity index (χ4n) is 4.88. The summed E-state index contributed by atoms with van der Waals surface area (Å²) in [5, 5.41) is 2.87. The van der Waals surface area contributed by atoms with E-state index in [1.165, 1.54) is 49.8 Å². The topological polar surface area (TPSA) is 146 Å². The number of ether oxygens (including phenoxy) is 1. The monoisotopic (exact) mass is 656 g/mol. The second kappa shape index (κ2) is 11.6. The number of benzene rings is 2. The quantitative estimate of drug-likeness (QED) is 0.242. The Bertz CT molecular complexity index is 2280. The molecule has 0 fully saturated rings. The minimum absolute atomic E-state index is 0.000232. The lowest BCUT2D eigenvalue weighted by Crippen LogP contribution is -2.22. The number of sulfone groups is 1. The van der Waals surface area contributed by atoms with Gasteiger partial charge in [-0.25, -0.2) is 39.4 Å². The summed E-state index contributed by atoms with van der Waals surface area (Å²) in [5.41, 5.74) is 0.186. The summed E-state index contributed by atoms with van der Waals surface area (Å²) in [6, 6.07) is 10.6. The van der Waals surface area contributed by atoms with Gasteiger partial charge in [0.2, 0.25) is 0 Å². The van der Waals surface area contributed by atoms with Gasteiger partial charge in [-0.05, 0) is 42.8 Å². The number of halogens is 2. The van der Waals surface area contributed by atoms with Crippen LogP contribution in [0.5, 0.6) is 0 Å². The highest BCUT2D eigenvalue weighted by Crippen LogP contribution is 2.38. The molecule has 0 radical (unpaired) electrons. The standard InChI is InChI=1S/C30H26F2N4O7S2/c1-17-5-7-20(8-6-17)45(41,42)36-10-9-21-24(15-35(2)29(37)27(21)36)23-11-18(16-44(4,39)40)22(30(38)43-3)13-26(23)34-28-25(32)12-19(31)14-33-28/h5-15H,16H2,1-4H3,(H,33,34). The predicted molar refractivity (Wildman–Crippen MR) is 164 cm³/mol. The Labute approximate surface area is 256 Å². The highest BCUT2D eigenvalue weighted by molar-refractivity contribution is 7.90. The van der Waals surface area contributed by atoms with Gasteiger partial charge in [-0.15, -0.1) is 0 Å². The van der Waals surface area contributed by atoms with Crippen LogP contribution in [-0.2, 0) is 37.4 Å². The lowest BCUT2D eigenvalue weighted by atomic mass is 9.96. The smallest absolute Gasteiger partial charge is 0.338 e. The van der Waals surface area contributed by atoms with E-state index in [0.717, 1.165) is 33.7 Å². The molecule has 3 heterocycles. The van der Waals surface area contributed by atoms with E-state index < -0.39 is 54.6 Å². The molecule has 0 spiro atoms. The van der Waals surface area contributed by atoms with Crippen LogP contribution in [0.15, 0.2) is 76.8 Å². The molecule has 5 aromatic rings. The van der Waals surface area contributed by atoms with Gasteiger partial charge in [-0.1, -0.05) is 17.7 Å². The average molecular weight is 657 g/mol. The summed E-state index contributed by atoms with van der Waals surface area (Å²) in [6.07, 6.45) is 4.35. The number of hydrogen-bond acceptors (Lipinski definition) is 9. The summed E-state index contributed by atoms with van der Waals surface area (Å²) in [6.45, 7) is 1.80. The maximum Gasteiger partial charge on any atom is 0.338 e. The summed E-state index contributed by atoms with van der Waals surface area (Å²) in [7, 11) is -5.46. The van der Waals surface area contributed by atoms with Crippen molar-refractivity contribution in [1.29, 1.82) is 0 Å². The predicted octanol–water partition coefficient (Wildman–Crippen LogP) is 4.30. The van der Waals surface area contributed by atoms with Crippen LogP contribution in [0.1, 0.15) is 21.5 Å². The Morgan fingerprint density at radius 2 is 1.71 bits per heavy atom. The fraction of sp³-hybridized carbons (Fsp3) is 0.167. The first-order valence-electron chi connectivity index (χ1n) is 13.1. The highest BCUT2D eigenvalue weighted by Gasteiger charge is 2.26. The van der Waals surface area contributed by atoms with Gasteiger partial charge in [0.05, 0.1) is 29.5 Å². The van der Waals surface area contributed by atoms with E-state index in [0.29, 0.717) is 6.07 Å². The summed E-state index contributed by atoms with van der Waals surface area (Å²) < 4.78 is 87.3. The molecular formula is C30H26F2N4O7S2. The van der Waals surface area contributed by atoms with Crippen molar-refractivity contribution < 1.29 is 35.1 Å². The van der Waals surface area contributed by atoms with Crippen LogP contribution in [0, 0.1) is 18.6 Å². The van der Waals surface area contributed by atoms with Crippen molar-refractivity contribution in [3.63, 3.8) is 0 Å². The molecule has 0 unspecified atom stereocenters. The van der Waals surface area contributed by atoms with Crippen molar-refractivity contribution in [3.05, 3.63) is 106 Å². The van der Waals surface area contributed by atoms with Crippen molar-refractivity contribution in [1.82, 2.24) is 13.5 Å². The molecule has 0 saturated carbocycles. The third-order valence-electron chi connectivity index (χ3n) is 6.98. The third-order valence-corrected chi connectivity index (χ3v) is 9.51. The molecule has 0 aliphatic heterocycles. The van der Waals surface area contributed by atoms with Crippen LogP contribution in [0.2, 0.25) is 0 Å². The van der Waals surface area contributed by atoms with Gasteiger partial charge in [-0.2, -0.15) is 0 Å². The van der Waals surface area contributed by atoms with Gasteiger partial charge in [0.25, 0.3) is 15.6 Å². The van der Waals surface area contributed by atoms with Crippen molar-refractivity contribution in [3.8, 4) is 11.1 Å². The number of carbonyl (C=O) groups is 1. The minimum atomic E-state index is -4.25. The van der Waals surface area contributed by atoms with E-state index in [-0.39, 0.29) is 43.7 Å². The number of carbonyl (C=O) groups excluding carboxylic acids is 1. The van der Waals surface area contributed by atoms with E-state index in [2.05, 4.69) is 10.3 Å². The normalized spacial score (nSPS) is 12.0. The Balaban J connectivity index is 1.84. The molecule has 2 aromatic carbocycles. The molecule has 0 atom stereocenters. The summed E-state index contributed by atoms with van der Waals surface area (Å²) >= 11 is 0. The zero-order chi connectivity index (χ0) is 32.8. The van der Waals surface area contributed by atoms with Crippen LogP contribution >= 0.6 is 0 Å². The first kappa shape index (κ1) is 31.5. The van der Waals surface area contributed by atoms with E-state index in [1.54, 1.807) is 19.1 Å². The first-order chi connectivity index (χ1) is 21.1. The molecule has 0 aliphatic carbocycles. The minimum Gasteiger partial charge on any atom is -0.465 e.